The summed E-state index contributed by atoms with van der Waals surface area (Å²) in [6, 6.07) is 0. The van der Waals surface area contributed by atoms with Gasteiger partial charge in [-0.25, -0.2) is 0 Å². The molecule has 0 radical (unpaired) electrons. The number of ether oxygens (including phenoxy) is 1. The van der Waals surface area contributed by atoms with Crippen LogP contribution >= 0.6 is 0 Å². The van der Waals surface area contributed by atoms with Crippen molar-refractivity contribution in [3.8, 4) is 0 Å². The highest BCUT2D eigenvalue weighted by molar-refractivity contribution is 5.21. The minimum absolute atomic E-state index is 0.566. The Hall–Kier alpha value is -1.29. The van der Waals surface area contributed by atoms with Gasteiger partial charge in [-0.15, -0.1) is 0 Å². The minimum atomic E-state index is -0.566. The van der Waals surface area contributed by atoms with Crippen molar-refractivity contribution < 1.29 is 9.84 Å². The fraction of sp³-hybridized carbons (Fsp3) is 0.500. The van der Waals surface area contributed by atoms with Crippen molar-refractivity contribution in [2.24, 2.45) is 7.05 Å². The van der Waals surface area contributed by atoms with E-state index in [-0.39, 0.29) is 0 Å². The summed E-state index contributed by atoms with van der Waals surface area (Å²) in [5.74, 6) is 0. The Morgan fingerprint density at radius 3 is 3.07 bits per heavy atom. The number of rotatable bonds is 2. The number of aryl methyl sites for hydroxylation is 1. The maximum absolute atomic E-state index is 9.96. The van der Waals surface area contributed by atoms with E-state index in [4.69, 9.17) is 4.74 Å². The van der Waals surface area contributed by atoms with Crippen molar-refractivity contribution in [2.75, 3.05) is 6.61 Å². The van der Waals surface area contributed by atoms with E-state index in [0.717, 1.165) is 30.6 Å². The number of hydrogen-bond acceptors (Lipinski definition) is 3. The molecule has 4 nitrogen and oxygen atoms in total. The highest BCUT2D eigenvalue weighted by Crippen LogP contribution is 2.26. The van der Waals surface area contributed by atoms with Crippen molar-refractivity contribution in [1.82, 2.24) is 9.78 Å². The van der Waals surface area contributed by atoms with E-state index in [0.29, 0.717) is 0 Å². The van der Waals surface area contributed by atoms with Crippen LogP contribution in [0.5, 0.6) is 0 Å². The first-order valence-corrected chi connectivity index (χ1v) is 4.74. The molecule has 0 spiro atoms. The zero-order valence-electron chi connectivity index (χ0n) is 8.18. The summed E-state index contributed by atoms with van der Waals surface area (Å²) in [5, 5.41) is 14.0. The lowest BCUT2D eigenvalue weighted by Gasteiger charge is -2.17. The Kier molecular flexibility index (Phi) is 2.54. The number of nitrogens with zero attached hydrogens (tertiary/aromatic N) is 2. The minimum Gasteiger partial charge on any atom is -0.501 e. The molecule has 1 unspecified atom stereocenters. The molecule has 0 saturated carbocycles. The summed E-state index contributed by atoms with van der Waals surface area (Å²) in [6.45, 7) is 0.753. The smallest absolute Gasteiger partial charge is 0.106 e. The number of hydrogen-bond donors (Lipinski definition) is 1. The van der Waals surface area contributed by atoms with Crippen LogP contribution in [0.4, 0.5) is 0 Å². The molecule has 2 heterocycles. The average Bonchev–Trinajstić information content (AvgIpc) is 2.65. The number of aliphatic hydroxyl groups excluding tert-OH is 1. The van der Waals surface area contributed by atoms with Gasteiger partial charge in [-0.3, -0.25) is 4.68 Å². The Balaban J connectivity index is 2.14. The quantitative estimate of drug-likeness (QED) is 0.768. The molecule has 1 atom stereocenters. The molecule has 76 valence electrons. The fourth-order valence-corrected chi connectivity index (χ4v) is 1.58. The van der Waals surface area contributed by atoms with Crippen molar-refractivity contribution in [2.45, 2.75) is 18.9 Å². The predicted octanol–water partition coefficient (Wildman–Crippen LogP) is 1.15. The molecule has 0 amide bonds. The largest absolute Gasteiger partial charge is 0.501 e. The second kappa shape index (κ2) is 3.84. The number of aromatic nitrogens is 2. The monoisotopic (exact) mass is 194 g/mol. The molecule has 1 aliphatic rings. The summed E-state index contributed by atoms with van der Waals surface area (Å²) in [4.78, 5) is 0. The SMILES string of the molecule is Cn1cc(C(O)C2=COCCC2)cn1. The van der Waals surface area contributed by atoms with E-state index in [9.17, 15) is 5.11 Å². The Bertz CT molecular complexity index is 344. The van der Waals surface area contributed by atoms with Gasteiger partial charge >= 0.3 is 0 Å². The van der Waals surface area contributed by atoms with Crippen LogP contribution in [-0.4, -0.2) is 21.5 Å². The summed E-state index contributed by atoms with van der Waals surface area (Å²) in [7, 11) is 1.84. The van der Waals surface area contributed by atoms with E-state index in [1.54, 1.807) is 17.1 Å². The lowest BCUT2D eigenvalue weighted by Crippen LogP contribution is -2.07. The van der Waals surface area contributed by atoms with Crippen LogP contribution in [0.3, 0.4) is 0 Å². The van der Waals surface area contributed by atoms with Gasteiger partial charge in [0.15, 0.2) is 0 Å². The molecule has 0 bridgehead atoms. The van der Waals surface area contributed by atoms with Crippen LogP contribution in [-0.2, 0) is 11.8 Å². The molecule has 0 saturated heterocycles. The lowest BCUT2D eigenvalue weighted by atomic mass is 10.0. The molecule has 1 aromatic heterocycles. The average molecular weight is 194 g/mol. The lowest BCUT2D eigenvalue weighted by molar-refractivity contribution is 0.170. The molecule has 2 rings (SSSR count). The molecule has 1 aromatic rings. The molecule has 14 heavy (non-hydrogen) atoms. The Labute approximate surface area is 82.8 Å². The highest BCUT2D eigenvalue weighted by atomic mass is 16.5. The van der Waals surface area contributed by atoms with Gasteiger partial charge in [0.1, 0.15) is 6.10 Å². The molecular formula is C10H14N2O2. The molecular weight excluding hydrogens is 180 g/mol. The molecule has 4 heteroatoms. The van der Waals surface area contributed by atoms with Gasteiger partial charge in [-0.05, 0) is 18.4 Å². The van der Waals surface area contributed by atoms with Crippen molar-refractivity contribution in [1.29, 1.82) is 0 Å². The third-order valence-electron chi connectivity index (χ3n) is 2.35. The second-order valence-corrected chi connectivity index (χ2v) is 3.52. The predicted molar refractivity (Wildman–Crippen MR) is 51.4 cm³/mol. The molecule has 1 N–H and O–H groups in total. The van der Waals surface area contributed by atoms with Crippen molar-refractivity contribution in [3.05, 3.63) is 29.8 Å². The van der Waals surface area contributed by atoms with Gasteiger partial charge < -0.3 is 9.84 Å². The van der Waals surface area contributed by atoms with E-state index in [1.807, 2.05) is 13.2 Å². The number of aliphatic hydroxyl groups is 1. The van der Waals surface area contributed by atoms with Gasteiger partial charge in [0.05, 0.1) is 19.1 Å². The van der Waals surface area contributed by atoms with Crippen LogP contribution in [0, 0.1) is 0 Å². The third kappa shape index (κ3) is 1.80. The summed E-state index contributed by atoms with van der Waals surface area (Å²) < 4.78 is 6.87. The standard InChI is InChI=1S/C10H14N2O2/c1-12-6-9(5-11-12)10(13)8-3-2-4-14-7-8/h5-7,10,13H,2-4H2,1H3. The molecule has 0 fully saturated rings. The Morgan fingerprint density at radius 1 is 1.64 bits per heavy atom. The van der Waals surface area contributed by atoms with Gasteiger partial charge in [-0.1, -0.05) is 0 Å². The first-order valence-electron chi connectivity index (χ1n) is 4.74. The van der Waals surface area contributed by atoms with E-state index < -0.39 is 6.10 Å². The van der Waals surface area contributed by atoms with Crippen LogP contribution in [0.25, 0.3) is 0 Å². The Morgan fingerprint density at radius 2 is 2.50 bits per heavy atom. The molecule has 0 aromatic carbocycles. The summed E-state index contributed by atoms with van der Waals surface area (Å²) >= 11 is 0. The molecule has 0 aliphatic carbocycles. The maximum Gasteiger partial charge on any atom is 0.106 e. The first-order chi connectivity index (χ1) is 6.77. The van der Waals surface area contributed by atoms with Crippen LogP contribution in [0.2, 0.25) is 0 Å². The third-order valence-corrected chi connectivity index (χ3v) is 2.35. The topological polar surface area (TPSA) is 47.3 Å². The second-order valence-electron chi connectivity index (χ2n) is 3.52. The van der Waals surface area contributed by atoms with Crippen LogP contribution < -0.4 is 0 Å². The first kappa shape index (κ1) is 9.27. The van der Waals surface area contributed by atoms with Crippen molar-refractivity contribution >= 4 is 0 Å². The van der Waals surface area contributed by atoms with Gasteiger partial charge in [0.2, 0.25) is 0 Å². The van der Waals surface area contributed by atoms with Crippen molar-refractivity contribution in [3.63, 3.8) is 0 Å². The van der Waals surface area contributed by atoms with Gasteiger partial charge in [0.25, 0.3) is 0 Å². The summed E-state index contributed by atoms with van der Waals surface area (Å²) in [6.07, 6.45) is 6.48. The highest BCUT2D eigenvalue weighted by Gasteiger charge is 2.17. The maximum atomic E-state index is 9.96. The van der Waals surface area contributed by atoms with Crippen LogP contribution in [0.15, 0.2) is 24.2 Å². The molecule has 1 aliphatic heterocycles. The fourth-order valence-electron chi connectivity index (χ4n) is 1.58. The normalized spacial score (nSPS) is 18.6. The van der Waals surface area contributed by atoms with E-state index in [2.05, 4.69) is 5.10 Å². The van der Waals surface area contributed by atoms with E-state index >= 15 is 0 Å². The zero-order valence-corrected chi connectivity index (χ0v) is 8.18. The van der Waals surface area contributed by atoms with Gasteiger partial charge in [-0.2, -0.15) is 5.10 Å². The van der Waals surface area contributed by atoms with E-state index in [1.165, 1.54) is 0 Å². The van der Waals surface area contributed by atoms with Crippen LogP contribution in [0.1, 0.15) is 24.5 Å². The zero-order chi connectivity index (χ0) is 9.97. The van der Waals surface area contributed by atoms with Gasteiger partial charge in [0, 0.05) is 18.8 Å². The summed E-state index contributed by atoms with van der Waals surface area (Å²) in [5.41, 5.74) is 1.76.